The smallest absolute Gasteiger partial charge is 0.293 e. The second-order valence-electron chi connectivity index (χ2n) is 10.0. The van der Waals surface area contributed by atoms with Gasteiger partial charge in [0, 0.05) is 43.4 Å². The molecule has 0 atom stereocenters. The van der Waals surface area contributed by atoms with Crippen molar-refractivity contribution in [1.82, 2.24) is 20.2 Å². The van der Waals surface area contributed by atoms with E-state index in [4.69, 9.17) is 4.74 Å². The highest BCUT2D eigenvalue weighted by atomic mass is 16.5. The molecule has 1 aliphatic carbocycles. The number of H-pyrrole nitrogens is 1. The molecule has 0 unspecified atom stereocenters. The summed E-state index contributed by atoms with van der Waals surface area (Å²) < 4.78 is 5.31. The van der Waals surface area contributed by atoms with Crippen molar-refractivity contribution in [3.63, 3.8) is 0 Å². The Kier molecular flexibility index (Phi) is 10.9. The molecule has 2 fully saturated rings. The van der Waals surface area contributed by atoms with Crippen molar-refractivity contribution in [2.24, 2.45) is 0 Å². The third kappa shape index (κ3) is 9.12. The number of likely N-dealkylation sites (tertiary alicyclic amines) is 1. The largest absolute Gasteiger partial charge is 0.502 e. The van der Waals surface area contributed by atoms with Gasteiger partial charge in [0.1, 0.15) is 0 Å². The topological polar surface area (TPSA) is 90.5 Å². The number of aromatic hydroxyl groups is 1. The van der Waals surface area contributed by atoms with E-state index in [9.17, 15) is 9.90 Å². The molecule has 1 saturated carbocycles. The maximum Gasteiger partial charge on any atom is 0.293 e. The Morgan fingerprint density at radius 3 is 2.10 bits per heavy atom. The lowest BCUT2D eigenvalue weighted by Crippen LogP contribution is -2.50. The van der Waals surface area contributed by atoms with Gasteiger partial charge >= 0.3 is 0 Å². The third-order valence-corrected chi connectivity index (χ3v) is 7.08. The van der Waals surface area contributed by atoms with Crippen LogP contribution in [0.4, 0.5) is 0 Å². The quantitative estimate of drug-likeness (QED) is 0.409. The molecule has 2 aliphatic rings. The Balaban J connectivity index is 0.000000457. The highest BCUT2D eigenvalue weighted by Gasteiger charge is 2.34. The van der Waals surface area contributed by atoms with Gasteiger partial charge in [-0.05, 0) is 75.0 Å². The fourth-order valence-electron chi connectivity index (χ4n) is 3.96. The molecule has 1 aromatic heterocycles. The molecule has 1 saturated heterocycles. The van der Waals surface area contributed by atoms with E-state index >= 15 is 0 Å². The molecule has 0 spiro atoms. The number of benzene rings is 2. The zero-order valence-corrected chi connectivity index (χ0v) is 23.0. The number of terminal acetylenes is 1. The Morgan fingerprint density at radius 1 is 1.05 bits per heavy atom. The predicted molar refractivity (Wildman–Crippen MR) is 155 cm³/mol. The SMILES string of the molecule is C#C.CNC1(C)CC1.COC1CN(Cc2ccc(C#Cc3ccc(CCc4nc[nH]c(=O)c4O)cc3)cc2)C1. The number of nitrogens with one attached hydrogen (secondary N) is 2. The lowest BCUT2D eigenvalue weighted by atomic mass is 10.1. The Morgan fingerprint density at radius 2 is 1.62 bits per heavy atom. The summed E-state index contributed by atoms with van der Waals surface area (Å²) in [4.78, 5) is 20.2. The average molecular weight is 527 g/mol. The van der Waals surface area contributed by atoms with E-state index in [-0.39, 0.29) is 5.75 Å². The van der Waals surface area contributed by atoms with Gasteiger partial charge in [0.25, 0.3) is 5.56 Å². The van der Waals surface area contributed by atoms with E-state index in [2.05, 4.69) is 76.1 Å². The maximum absolute atomic E-state index is 11.4. The second-order valence-corrected chi connectivity index (χ2v) is 10.0. The van der Waals surface area contributed by atoms with Crippen LogP contribution in [0.15, 0.2) is 59.7 Å². The maximum atomic E-state index is 11.4. The molecule has 2 aromatic carbocycles. The van der Waals surface area contributed by atoms with Crippen LogP contribution in [-0.2, 0) is 24.1 Å². The van der Waals surface area contributed by atoms with Gasteiger partial charge in [-0.3, -0.25) is 9.69 Å². The van der Waals surface area contributed by atoms with Crippen LogP contribution >= 0.6 is 0 Å². The van der Waals surface area contributed by atoms with Crippen LogP contribution in [0.5, 0.6) is 5.75 Å². The highest BCUT2D eigenvalue weighted by Crippen LogP contribution is 2.33. The average Bonchev–Trinajstić information content (AvgIpc) is 3.70. The first-order valence-corrected chi connectivity index (χ1v) is 13.1. The molecule has 1 aliphatic heterocycles. The van der Waals surface area contributed by atoms with Gasteiger partial charge in [0.15, 0.2) is 0 Å². The second kappa shape index (κ2) is 14.3. The van der Waals surface area contributed by atoms with Gasteiger partial charge in [0.2, 0.25) is 5.75 Å². The van der Waals surface area contributed by atoms with Crippen molar-refractivity contribution in [3.8, 4) is 30.4 Å². The number of methoxy groups -OCH3 is 1. The summed E-state index contributed by atoms with van der Waals surface area (Å²) in [6.45, 7) is 5.18. The third-order valence-electron chi connectivity index (χ3n) is 7.08. The molecule has 3 N–H and O–H groups in total. The summed E-state index contributed by atoms with van der Waals surface area (Å²) in [7, 11) is 3.78. The number of hydrogen-bond donors (Lipinski definition) is 3. The van der Waals surface area contributed by atoms with Crippen LogP contribution < -0.4 is 10.9 Å². The fraction of sp³-hybridized carbons (Fsp3) is 0.375. The number of aryl methyl sites for hydroxylation is 2. The number of ether oxygens (including phenoxy) is 1. The molecule has 0 bridgehead atoms. The summed E-state index contributed by atoms with van der Waals surface area (Å²) >= 11 is 0. The van der Waals surface area contributed by atoms with E-state index in [1.165, 1.54) is 24.7 Å². The van der Waals surface area contributed by atoms with Gasteiger partial charge < -0.3 is 20.1 Å². The van der Waals surface area contributed by atoms with Crippen molar-refractivity contribution < 1.29 is 9.84 Å². The van der Waals surface area contributed by atoms with E-state index in [1.807, 2.05) is 31.3 Å². The fourth-order valence-corrected chi connectivity index (χ4v) is 3.96. The lowest BCUT2D eigenvalue weighted by molar-refractivity contribution is -0.0333. The standard InChI is InChI=1S/C25H25N3O3.C5H11N.C2H2/c1-31-22-15-28(16-22)14-21-10-8-19(9-11-21)3-2-18-4-6-20(7-5-18)12-13-23-24(29)25(30)27-17-26-23;1-5(6-2)3-4-5;1-2/h4-11,17,22,29H,12-16H2,1H3,(H,26,27,30);6H,3-4H2,1-2H3;1-2H. The van der Waals surface area contributed by atoms with E-state index < -0.39 is 5.56 Å². The molecule has 5 rings (SSSR count). The van der Waals surface area contributed by atoms with Crippen molar-refractivity contribution >= 4 is 0 Å². The first kappa shape index (κ1) is 29.7. The van der Waals surface area contributed by atoms with Crippen LogP contribution in [0.3, 0.4) is 0 Å². The molecular weight excluding hydrogens is 488 g/mol. The van der Waals surface area contributed by atoms with Gasteiger partial charge in [-0.1, -0.05) is 36.1 Å². The zero-order chi connectivity index (χ0) is 28.3. The van der Waals surface area contributed by atoms with Crippen molar-refractivity contribution in [3.05, 3.63) is 93.2 Å². The summed E-state index contributed by atoms with van der Waals surface area (Å²) in [5, 5.41) is 13.0. The molecule has 2 heterocycles. The molecule has 204 valence electrons. The summed E-state index contributed by atoms with van der Waals surface area (Å²) in [5.41, 5.74) is 4.74. The number of aromatic nitrogens is 2. The highest BCUT2D eigenvalue weighted by molar-refractivity contribution is 5.44. The number of aromatic amines is 1. The van der Waals surface area contributed by atoms with Crippen LogP contribution in [0, 0.1) is 24.7 Å². The van der Waals surface area contributed by atoms with Crippen LogP contribution in [0.2, 0.25) is 0 Å². The Bertz CT molecular complexity index is 1320. The predicted octanol–water partition coefficient (Wildman–Crippen LogP) is 3.50. The van der Waals surface area contributed by atoms with Gasteiger partial charge in [-0.25, -0.2) is 4.98 Å². The van der Waals surface area contributed by atoms with Gasteiger partial charge in [-0.2, -0.15) is 0 Å². The minimum Gasteiger partial charge on any atom is -0.502 e. The minimum atomic E-state index is -0.510. The Hall–Kier alpha value is -3.88. The molecule has 7 nitrogen and oxygen atoms in total. The van der Waals surface area contributed by atoms with E-state index in [1.54, 1.807) is 7.11 Å². The lowest BCUT2D eigenvalue weighted by Gasteiger charge is -2.38. The first-order chi connectivity index (χ1) is 18.9. The minimum absolute atomic E-state index is 0.306. The summed E-state index contributed by atoms with van der Waals surface area (Å²) in [6.07, 6.45) is 13.6. The molecule has 39 heavy (non-hydrogen) atoms. The Labute approximate surface area is 231 Å². The van der Waals surface area contributed by atoms with Crippen LogP contribution in [0.1, 0.15) is 47.7 Å². The van der Waals surface area contributed by atoms with Gasteiger partial charge in [-0.15, -0.1) is 12.8 Å². The number of hydrogen-bond acceptors (Lipinski definition) is 6. The monoisotopic (exact) mass is 526 g/mol. The normalized spacial score (nSPS) is 15.3. The number of nitrogens with zero attached hydrogens (tertiary/aromatic N) is 2. The molecule has 0 amide bonds. The molecule has 0 radical (unpaired) electrons. The molecule has 7 heteroatoms. The van der Waals surface area contributed by atoms with Crippen molar-refractivity contribution in [1.29, 1.82) is 0 Å². The van der Waals surface area contributed by atoms with Crippen molar-refractivity contribution in [2.75, 3.05) is 27.2 Å². The zero-order valence-electron chi connectivity index (χ0n) is 23.0. The van der Waals surface area contributed by atoms with Crippen LogP contribution in [-0.4, -0.2) is 58.9 Å². The van der Waals surface area contributed by atoms with Gasteiger partial charge in [0.05, 0.1) is 18.1 Å². The number of rotatable bonds is 7. The summed E-state index contributed by atoms with van der Waals surface area (Å²) in [5.74, 6) is 6.11. The van der Waals surface area contributed by atoms with Crippen molar-refractivity contribution in [2.45, 2.75) is 50.8 Å². The molecule has 3 aromatic rings. The first-order valence-electron chi connectivity index (χ1n) is 13.1. The molecular formula is C32H38N4O3. The van der Waals surface area contributed by atoms with E-state index in [0.717, 1.165) is 36.3 Å². The van der Waals surface area contributed by atoms with Crippen LogP contribution in [0.25, 0.3) is 0 Å². The van der Waals surface area contributed by atoms with E-state index in [0.29, 0.717) is 30.2 Å². The summed E-state index contributed by atoms with van der Waals surface area (Å²) in [6, 6.07) is 16.4.